The highest BCUT2D eigenvalue weighted by Gasteiger charge is 2.46. The molecule has 1 aliphatic carbocycles. The lowest BCUT2D eigenvalue weighted by Gasteiger charge is -2.38. The van der Waals surface area contributed by atoms with Crippen LogP contribution >= 0.6 is 0 Å². The van der Waals surface area contributed by atoms with Crippen molar-refractivity contribution in [3.63, 3.8) is 0 Å². The molecule has 0 amide bonds. The van der Waals surface area contributed by atoms with Gasteiger partial charge >= 0.3 is 5.97 Å². The molecule has 0 bridgehead atoms. The fraction of sp³-hybridized carbons (Fsp3) is 0.303. The first kappa shape index (κ1) is 26.4. The quantitative estimate of drug-likeness (QED) is 0.319. The molecule has 1 saturated carbocycles. The summed E-state index contributed by atoms with van der Waals surface area (Å²) in [5.41, 5.74) is 4.63. The van der Waals surface area contributed by atoms with Gasteiger partial charge in [-0.2, -0.15) is 0 Å². The number of esters is 1. The molecule has 0 radical (unpaired) electrons. The number of aliphatic imine (C=N–C) groups is 1. The van der Waals surface area contributed by atoms with Crippen LogP contribution in [0.2, 0.25) is 0 Å². The van der Waals surface area contributed by atoms with Crippen molar-refractivity contribution in [2.45, 2.75) is 45.1 Å². The number of rotatable bonds is 8. The Morgan fingerprint density at radius 1 is 0.897 bits per heavy atom. The third kappa shape index (κ3) is 5.51. The van der Waals surface area contributed by atoms with Gasteiger partial charge in [-0.1, -0.05) is 66.7 Å². The maximum Gasteiger partial charge on any atom is 0.336 e. The molecule has 3 unspecified atom stereocenters. The molecule has 1 heterocycles. The standard InChI is InChI=1S/C33H33NO5/c1-4-38-28-16-15-24(19-29(28)37-3)31-30(33(36)39-20-22-11-7-5-8-12-22)21(2)34-26-17-25(18-27(35)32(26)31)23-13-9-6-10-14-23/h5-16,19,25,31-32H,4,17-18,20H2,1-3H3. The van der Waals surface area contributed by atoms with Gasteiger partial charge in [0.2, 0.25) is 0 Å². The highest BCUT2D eigenvalue weighted by atomic mass is 16.5. The Balaban J connectivity index is 1.55. The topological polar surface area (TPSA) is 74.2 Å². The first-order valence-corrected chi connectivity index (χ1v) is 13.4. The number of hydrogen-bond acceptors (Lipinski definition) is 6. The van der Waals surface area contributed by atoms with Crippen molar-refractivity contribution in [2.24, 2.45) is 10.9 Å². The number of Topliss-reactive ketones (excluding diaryl/α,β-unsaturated/α-hetero) is 1. The number of allylic oxidation sites excluding steroid dienone is 1. The second-order valence-electron chi connectivity index (χ2n) is 9.94. The van der Waals surface area contributed by atoms with Crippen molar-refractivity contribution < 1.29 is 23.8 Å². The molecule has 200 valence electrons. The van der Waals surface area contributed by atoms with E-state index in [4.69, 9.17) is 19.2 Å². The number of benzene rings is 3. The Kier molecular flexibility index (Phi) is 7.92. The third-order valence-corrected chi connectivity index (χ3v) is 7.50. The van der Waals surface area contributed by atoms with Crippen LogP contribution in [0.5, 0.6) is 11.5 Å². The second kappa shape index (κ2) is 11.7. The van der Waals surface area contributed by atoms with E-state index in [2.05, 4.69) is 12.1 Å². The zero-order chi connectivity index (χ0) is 27.4. The lowest BCUT2D eigenvalue weighted by atomic mass is 9.66. The molecule has 0 spiro atoms. The molecule has 39 heavy (non-hydrogen) atoms. The van der Waals surface area contributed by atoms with Crippen LogP contribution in [-0.4, -0.2) is 31.2 Å². The summed E-state index contributed by atoms with van der Waals surface area (Å²) in [6, 6.07) is 25.3. The number of nitrogens with zero attached hydrogens (tertiary/aromatic N) is 1. The van der Waals surface area contributed by atoms with Crippen LogP contribution in [0, 0.1) is 5.92 Å². The molecule has 3 atom stereocenters. The number of methoxy groups -OCH3 is 1. The molecule has 1 aliphatic heterocycles. The van der Waals surface area contributed by atoms with Gasteiger partial charge in [-0.25, -0.2) is 4.79 Å². The van der Waals surface area contributed by atoms with E-state index >= 15 is 0 Å². The van der Waals surface area contributed by atoms with Crippen LogP contribution in [-0.2, 0) is 20.9 Å². The van der Waals surface area contributed by atoms with Crippen LogP contribution in [0.1, 0.15) is 55.2 Å². The number of ether oxygens (including phenoxy) is 3. The highest BCUT2D eigenvalue weighted by molar-refractivity contribution is 6.12. The predicted octanol–water partition coefficient (Wildman–Crippen LogP) is 6.41. The van der Waals surface area contributed by atoms with Gasteiger partial charge in [-0.3, -0.25) is 9.79 Å². The fourth-order valence-electron chi connectivity index (χ4n) is 5.72. The van der Waals surface area contributed by atoms with Gasteiger partial charge in [0.25, 0.3) is 0 Å². The number of carbonyl (C=O) groups is 2. The van der Waals surface area contributed by atoms with Crippen LogP contribution in [0.25, 0.3) is 0 Å². The van der Waals surface area contributed by atoms with Crippen LogP contribution in [0.4, 0.5) is 0 Å². The lowest BCUT2D eigenvalue weighted by molar-refractivity contribution is -0.140. The Labute approximate surface area is 229 Å². The summed E-state index contributed by atoms with van der Waals surface area (Å²) in [6.45, 7) is 4.38. The summed E-state index contributed by atoms with van der Waals surface area (Å²) in [5, 5.41) is 0. The largest absolute Gasteiger partial charge is 0.493 e. The molecule has 5 rings (SSSR count). The summed E-state index contributed by atoms with van der Waals surface area (Å²) in [7, 11) is 1.59. The van der Waals surface area contributed by atoms with E-state index in [-0.39, 0.29) is 18.3 Å². The average molecular weight is 524 g/mol. The number of ketones is 1. The van der Waals surface area contributed by atoms with Crippen molar-refractivity contribution in [3.05, 3.63) is 107 Å². The van der Waals surface area contributed by atoms with Crippen molar-refractivity contribution in [2.75, 3.05) is 13.7 Å². The summed E-state index contributed by atoms with van der Waals surface area (Å²) >= 11 is 0. The van der Waals surface area contributed by atoms with Crippen molar-refractivity contribution in [1.82, 2.24) is 0 Å². The minimum Gasteiger partial charge on any atom is -0.493 e. The molecule has 6 heteroatoms. The predicted molar refractivity (Wildman–Crippen MR) is 150 cm³/mol. The van der Waals surface area contributed by atoms with E-state index in [0.29, 0.717) is 42.2 Å². The Bertz CT molecular complexity index is 1410. The zero-order valence-corrected chi connectivity index (χ0v) is 22.6. The first-order valence-electron chi connectivity index (χ1n) is 13.4. The summed E-state index contributed by atoms with van der Waals surface area (Å²) < 4.78 is 17.1. The van der Waals surface area contributed by atoms with E-state index in [0.717, 1.165) is 22.4 Å². The molecule has 0 aromatic heterocycles. The molecule has 3 aromatic rings. The van der Waals surface area contributed by atoms with Crippen molar-refractivity contribution in [1.29, 1.82) is 0 Å². The zero-order valence-electron chi connectivity index (χ0n) is 22.6. The SMILES string of the molecule is CCOc1ccc(C2C(C(=O)OCc3ccccc3)=C(C)N=C3CC(c4ccccc4)CC(=O)C32)cc1OC. The summed E-state index contributed by atoms with van der Waals surface area (Å²) in [4.78, 5) is 32.4. The molecule has 1 fully saturated rings. The van der Waals surface area contributed by atoms with Gasteiger partial charge in [0.15, 0.2) is 11.5 Å². The van der Waals surface area contributed by atoms with Gasteiger partial charge in [0, 0.05) is 23.7 Å². The maximum absolute atomic E-state index is 13.9. The summed E-state index contributed by atoms with van der Waals surface area (Å²) in [6.07, 6.45) is 1.05. The normalized spacial score (nSPS) is 20.6. The maximum atomic E-state index is 13.9. The molecule has 2 aliphatic rings. The average Bonchev–Trinajstić information content (AvgIpc) is 2.96. The van der Waals surface area contributed by atoms with Gasteiger partial charge < -0.3 is 14.2 Å². The molecular weight excluding hydrogens is 490 g/mol. The number of fused-ring (bicyclic) bond motifs is 1. The van der Waals surface area contributed by atoms with Crippen molar-refractivity contribution in [3.8, 4) is 11.5 Å². The lowest BCUT2D eigenvalue weighted by Crippen LogP contribution is -2.41. The summed E-state index contributed by atoms with van der Waals surface area (Å²) in [5.74, 6) is -0.240. The highest BCUT2D eigenvalue weighted by Crippen LogP contribution is 2.47. The smallest absolute Gasteiger partial charge is 0.336 e. The molecule has 0 N–H and O–H groups in total. The van der Waals surface area contributed by atoms with Crippen LogP contribution in [0.3, 0.4) is 0 Å². The monoisotopic (exact) mass is 523 g/mol. The van der Waals surface area contributed by atoms with Crippen LogP contribution < -0.4 is 9.47 Å². The van der Waals surface area contributed by atoms with E-state index in [1.54, 1.807) is 7.11 Å². The van der Waals surface area contributed by atoms with Gasteiger partial charge in [-0.05, 0) is 55.0 Å². The van der Waals surface area contributed by atoms with E-state index in [9.17, 15) is 9.59 Å². The van der Waals surface area contributed by atoms with Gasteiger partial charge in [0.1, 0.15) is 12.4 Å². The molecule has 6 nitrogen and oxygen atoms in total. The number of carbonyl (C=O) groups excluding carboxylic acids is 2. The van der Waals surface area contributed by atoms with E-state index in [1.165, 1.54) is 0 Å². The first-order chi connectivity index (χ1) is 19.0. The molecule has 0 saturated heterocycles. The second-order valence-corrected chi connectivity index (χ2v) is 9.94. The third-order valence-electron chi connectivity index (χ3n) is 7.50. The minimum absolute atomic E-state index is 0.0589. The Morgan fingerprint density at radius 3 is 2.31 bits per heavy atom. The fourth-order valence-corrected chi connectivity index (χ4v) is 5.72. The van der Waals surface area contributed by atoms with E-state index in [1.807, 2.05) is 80.6 Å². The van der Waals surface area contributed by atoms with Gasteiger partial charge in [0.05, 0.1) is 25.2 Å². The van der Waals surface area contributed by atoms with Gasteiger partial charge in [-0.15, -0.1) is 0 Å². The Hall–Kier alpha value is -4.19. The molecular formula is C33H33NO5. The number of hydrogen-bond donors (Lipinski definition) is 0. The minimum atomic E-state index is -0.546. The molecule has 3 aromatic carbocycles. The Morgan fingerprint density at radius 2 is 1.62 bits per heavy atom. The van der Waals surface area contributed by atoms with E-state index < -0.39 is 17.8 Å². The van der Waals surface area contributed by atoms with Crippen molar-refractivity contribution >= 4 is 17.5 Å². The van der Waals surface area contributed by atoms with Crippen LogP contribution in [0.15, 0.2) is 95.1 Å².